The fourth-order valence-electron chi connectivity index (χ4n) is 2.50. The van der Waals surface area contributed by atoms with E-state index in [0.717, 1.165) is 10.9 Å². The maximum Gasteiger partial charge on any atom is 0.326 e. The third-order valence-corrected chi connectivity index (χ3v) is 3.98. The Morgan fingerprint density at radius 1 is 1.25 bits per heavy atom. The van der Waals surface area contributed by atoms with E-state index in [1.54, 1.807) is 42.0 Å². The van der Waals surface area contributed by atoms with E-state index in [2.05, 4.69) is 10.6 Å². The minimum atomic E-state index is -0.926. The molecule has 3 rings (SSSR count). The zero-order chi connectivity index (χ0) is 17.4. The molecule has 1 aromatic carbocycles. The fraction of sp³-hybridized carbons (Fsp3) is 0.125. The van der Waals surface area contributed by atoms with Gasteiger partial charge in [0.1, 0.15) is 11.6 Å². The molecule has 0 spiro atoms. The summed E-state index contributed by atoms with van der Waals surface area (Å²) in [5.41, 5.74) is 1.36. The van der Waals surface area contributed by atoms with Crippen molar-refractivity contribution < 1.29 is 19.5 Å². The van der Waals surface area contributed by atoms with E-state index in [0.29, 0.717) is 5.56 Å². The molecule has 1 aliphatic heterocycles. The van der Waals surface area contributed by atoms with Crippen LogP contribution in [0.1, 0.15) is 18.5 Å². The number of carbonyl (C=O) groups excluding carboxylic acids is 2. The molecule has 0 aliphatic carbocycles. The van der Waals surface area contributed by atoms with Crippen molar-refractivity contribution in [3.8, 4) is 0 Å². The lowest BCUT2D eigenvalue weighted by atomic mass is 10.1. The van der Waals surface area contributed by atoms with Crippen LogP contribution in [0.3, 0.4) is 0 Å². The Labute approximate surface area is 141 Å². The van der Waals surface area contributed by atoms with Crippen molar-refractivity contribution >= 4 is 52.1 Å². The Bertz CT molecular complexity index is 907. The zero-order valence-electron chi connectivity index (χ0n) is 12.6. The van der Waals surface area contributed by atoms with Gasteiger partial charge in [0.25, 0.3) is 11.8 Å². The van der Waals surface area contributed by atoms with Crippen LogP contribution in [0.25, 0.3) is 17.0 Å². The molecule has 122 valence electrons. The second-order valence-corrected chi connectivity index (χ2v) is 5.76. The van der Waals surface area contributed by atoms with Crippen LogP contribution in [-0.2, 0) is 14.4 Å². The van der Waals surface area contributed by atoms with Crippen molar-refractivity contribution in [1.29, 1.82) is 0 Å². The number of hydrogen-bond acceptors (Lipinski definition) is 4. The van der Waals surface area contributed by atoms with Gasteiger partial charge in [-0.05, 0) is 49.0 Å². The molecule has 2 aromatic rings. The maximum absolute atomic E-state index is 11.9. The number of nitrogens with zero attached hydrogens (tertiary/aromatic N) is 1. The first-order valence-electron chi connectivity index (χ1n) is 7.08. The molecule has 0 radical (unpaired) electrons. The second kappa shape index (κ2) is 5.89. The second-order valence-electron chi connectivity index (χ2n) is 5.35. The minimum absolute atomic E-state index is 0.0164. The molecule has 1 aliphatic rings. The molecule has 2 amide bonds. The number of fused-ring (bicyclic) bond motifs is 1. The number of thiocarbonyl (C=S) groups is 1. The largest absolute Gasteiger partial charge is 0.480 e. The molecule has 1 aromatic heterocycles. The lowest BCUT2D eigenvalue weighted by Crippen LogP contribution is -2.51. The zero-order valence-corrected chi connectivity index (χ0v) is 13.4. The van der Waals surface area contributed by atoms with E-state index in [1.807, 2.05) is 0 Å². The number of aliphatic carboxylic acids is 1. The Hall–Kier alpha value is -3.00. The number of aromatic nitrogens is 1. The number of hydrogen-bond donors (Lipinski definition) is 3. The van der Waals surface area contributed by atoms with E-state index in [4.69, 9.17) is 17.3 Å². The maximum atomic E-state index is 11.9. The summed E-state index contributed by atoms with van der Waals surface area (Å²) in [5, 5.41) is 14.7. The molecule has 0 bridgehead atoms. The number of carbonyl (C=O) groups is 3. The smallest absolute Gasteiger partial charge is 0.326 e. The van der Waals surface area contributed by atoms with Crippen molar-refractivity contribution in [3.63, 3.8) is 0 Å². The van der Waals surface area contributed by atoms with Crippen molar-refractivity contribution in [2.45, 2.75) is 13.0 Å². The minimum Gasteiger partial charge on any atom is -0.480 e. The van der Waals surface area contributed by atoms with Crippen LogP contribution in [0, 0.1) is 0 Å². The summed E-state index contributed by atoms with van der Waals surface area (Å²) in [7, 11) is 0. The summed E-state index contributed by atoms with van der Waals surface area (Å²) in [4.78, 5) is 34.8. The lowest BCUT2D eigenvalue weighted by molar-refractivity contribution is -0.140. The SMILES string of the molecule is C[C@@H](C(=O)O)n1ccc2cc(C=C3C(=O)NC(=S)NC3=O)ccc21. The van der Waals surface area contributed by atoms with E-state index >= 15 is 0 Å². The van der Waals surface area contributed by atoms with Crippen LogP contribution in [0.2, 0.25) is 0 Å². The third-order valence-electron chi connectivity index (χ3n) is 3.77. The van der Waals surface area contributed by atoms with Gasteiger partial charge in [-0.3, -0.25) is 20.2 Å². The molecular weight excluding hydrogens is 330 g/mol. The van der Waals surface area contributed by atoms with Crippen LogP contribution in [0.5, 0.6) is 0 Å². The van der Waals surface area contributed by atoms with Crippen LogP contribution >= 0.6 is 12.2 Å². The Morgan fingerprint density at radius 3 is 2.54 bits per heavy atom. The van der Waals surface area contributed by atoms with E-state index < -0.39 is 23.8 Å². The summed E-state index contributed by atoms with van der Waals surface area (Å²) in [6.45, 7) is 1.59. The topological polar surface area (TPSA) is 100 Å². The number of rotatable bonds is 3. The fourth-order valence-corrected chi connectivity index (χ4v) is 2.69. The predicted molar refractivity (Wildman–Crippen MR) is 91.1 cm³/mol. The first-order chi connectivity index (χ1) is 11.4. The molecule has 1 fully saturated rings. The van der Waals surface area contributed by atoms with Crippen molar-refractivity contribution in [1.82, 2.24) is 15.2 Å². The first-order valence-corrected chi connectivity index (χ1v) is 7.49. The van der Waals surface area contributed by atoms with Gasteiger partial charge in [0, 0.05) is 17.1 Å². The molecule has 2 heterocycles. The highest BCUT2D eigenvalue weighted by molar-refractivity contribution is 7.80. The molecule has 24 heavy (non-hydrogen) atoms. The molecule has 1 atom stereocenters. The quantitative estimate of drug-likeness (QED) is 0.442. The summed E-state index contributed by atoms with van der Waals surface area (Å²) in [6.07, 6.45) is 3.16. The van der Waals surface area contributed by atoms with Gasteiger partial charge >= 0.3 is 5.97 Å². The predicted octanol–water partition coefficient (Wildman–Crippen LogP) is 1.20. The van der Waals surface area contributed by atoms with Gasteiger partial charge < -0.3 is 9.67 Å². The van der Waals surface area contributed by atoms with Crippen molar-refractivity contribution in [2.24, 2.45) is 0 Å². The van der Waals surface area contributed by atoms with Gasteiger partial charge in [0.15, 0.2) is 5.11 Å². The summed E-state index contributed by atoms with van der Waals surface area (Å²) >= 11 is 4.75. The third kappa shape index (κ3) is 2.79. The van der Waals surface area contributed by atoms with Gasteiger partial charge in [-0.1, -0.05) is 6.07 Å². The summed E-state index contributed by atoms with van der Waals surface area (Å²) in [6, 6.07) is 6.34. The molecule has 0 saturated carbocycles. The lowest BCUT2D eigenvalue weighted by Gasteiger charge is -2.16. The van der Waals surface area contributed by atoms with Crippen LogP contribution < -0.4 is 10.6 Å². The monoisotopic (exact) mass is 343 g/mol. The molecule has 1 saturated heterocycles. The number of carboxylic acid groups (broad SMARTS) is 1. The van der Waals surface area contributed by atoms with Crippen LogP contribution in [0.4, 0.5) is 0 Å². The molecule has 7 nitrogen and oxygen atoms in total. The Morgan fingerprint density at radius 2 is 1.92 bits per heavy atom. The van der Waals surface area contributed by atoms with Crippen molar-refractivity contribution in [2.75, 3.05) is 0 Å². The summed E-state index contributed by atoms with van der Waals surface area (Å²) < 4.78 is 1.65. The van der Waals surface area contributed by atoms with E-state index in [-0.39, 0.29) is 10.7 Å². The standard InChI is InChI=1S/C16H13N3O4S/c1-8(15(22)23)19-5-4-10-6-9(2-3-12(10)19)7-11-13(20)17-16(24)18-14(11)21/h2-8H,1H3,(H,22,23)(H2,17,18,20,21,24)/t8-/m0/s1. The molecule has 0 unspecified atom stereocenters. The van der Waals surface area contributed by atoms with Gasteiger partial charge in [0.05, 0.1) is 0 Å². The number of benzene rings is 1. The number of amides is 2. The Kier molecular flexibility index (Phi) is 3.90. The van der Waals surface area contributed by atoms with E-state index in [9.17, 15) is 14.4 Å². The Balaban J connectivity index is 1.99. The van der Waals surface area contributed by atoms with Gasteiger partial charge in [0.2, 0.25) is 0 Å². The summed E-state index contributed by atoms with van der Waals surface area (Å²) in [5.74, 6) is -2.04. The molecule has 3 N–H and O–H groups in total. The first kappa shape index (κ1) is 15.9. The molecule has 8 heteroatoms. The average molecular weight is 343 g/mol. The molecular formula is C16H13N3O4S. The van der Waals surface area contributed by atoms with Crippen LogP contribution in [0.15, 0.2) is 36.0 Å². The highest BCUT2D eigenvalue weighted by atomic mass is 32.1. The van der Waals surface area contributed by atoms with Gasteiger partial charge in [-0.2, -0.15) is 0 Å². The van der Waals surface area contributed by atoms with Gasteiger partial charge in [-0.25, -0.2) is 4.79 Å². The van der Waals surface area contributed by atoms with Gasteiger partial charge in [-0.15, -0.1) is 0 Å². The number of nitrogens with one attached hydrogen (secondary N) is 2. The van der Waals surface area contributed by atoms with Crippen molar-refractivity contribution in [3.05, 3.63) is 41.6 Å². The number of carboxylic acids is 1. The normalized spacial score (nSPS) is 15.9. The van der Waals surface area contributed by atoms with Crippen LogP contribution in [-0.4, -0.2) is 32.6 Å². The highest BCUT2D eigenvalue weighted by Gasteiger charge is 2.25. The highest BCUT2D eigenvalue weighted by Crippen LogP contribution is 2.23. The van der Waals surface area contributed by atoms with E-state index in [1.165, 1.54) is 6.08 Å². The average Bonchev–Trinajstić information content (AvgIpc) is 2.93.